The van der Waals surface area contributed by atoms with E-state index in [1.807, 2.05) is 0 Å². The Morgan fingerprint density at radius 3 is 2.71 bits per heavy atom. The lowest BCUT2D eigenvalue weighted by Crippen LogP contribution is -2.30. The minimum absolute atomic E-state index is 0.543. The van der Waals surface area contributed by atoms with Gasteiger partial charge >= 0.3 is 0 Å². The van der Waals surface area contributed by atoms with Crippen molar-refractivity contribution in [3.05, 3.63) is 60.2 Å². The van der Waals surface area contributed by atoms with Gasteiger partial charge in [0.2, 0.25) is 0 Å². The fraction of sp³-hybridized carbons (Fsp3) is 0.333. The first-order valence-corrected chi connectivity index (χ1v) is 6.67. The van der Waals surface area contributed by atoms with Crippen LogP contribution in [0.3, 0.4) is 0 Å². The van der Waals surface area contributed by atoms with Crippen LogP contribution in [-0.4, -0.2) is 10.7 Å². The van der Waals surface area contributed by atoms with Crippen LogP contribution in [-0.2, 0) is 6.54 Å². The Morgan fingerprint density at radius 2 is 2.06 bits per heavy atom. The summed E-state index contributed by atoms with van der Waals surface area (Å²) in [5.74, 6) is 0.626. The Hall–Kier alpha value is -0.910. The molecule has 0 N–H and O–H groups in total. The molecule has 0 bridgehead atoms. The van der Waals surface area contributed by atoms with Crippen LogP contribution < -0.4 is 0 Å². The molecule has 1 aliphatic rings. The van der Waals surface area contributed by atoms with Gasteiger partial charge in [0.15, 0.2) is 0 Å². The van der Waals surface area contributed by atoms with E-state index in [0.717, 1.165) is 13.0 Å². The molecule has 90 valence electrons. The number of rotatable bonds is 4. The summed E-state index contributed by atoms with van der Waals surface area (Å²) in [6.07, 6.45) is 10.0. The van der Waals surface area contributed by atoms with Crippen LogP contribution in [0.25, 0.3) is 0 Å². The highest BCUT2D eigenvalue weighted by Crippen LogP contribution is 2.24. The van der Waals surface area contributed by atoms with Crippen molar-refractivity contribution >= 4 is 9.39 Å². The summed E-state index contributed by atoms with van der Waals surface area (Å²) in [5, 5.41) is 0. The molecule has 0 amide bonds. The Labute approximate surface area is 106 Å². The van der Waals surface area contributed by atoms with Crippen LogP contribution in [0, 0.1) is 5.92 Å². The fourth-order valence-corrected chi connectivity index (χ4v) is 2.57. The second-order valence-corrected chi connectivity index (χ2v) is 5.27. The SMILES string of the molecule is CC(C1C=CC=CC1)N(P)Cc1ccccc1. The van der Waals surface area contributed by atoms with Gasteiger partial charge in [-0.05, 0) is 24.8 Å². The van der Waals surface area contributed by atoms with Crippen LogP contribution >= 0.6 is 9.39 Å². The van der Waals surface area contributed by atoms with Gasteiger partial charge in [0.1, 0.15) is 0 Å². The monoisotopic (exact) mass is 245 g/mol. The normalized spacial score (nSPS) is 20.8. The highest BCUT2D eigenvalue weighted by molar-refractivity contribution is 7.13. The van der Waals surface area contributed by atoms with Crippen LogP contribution in [0.2, 0.25) is 0 Å². The molecule has 0 fully saturated rings. The number of allylic oxidation sites excluding steroid dienone is 3. The molecule has 3 atom stereocenters. The summed E-state index contributed by atoms with van der Waals surface area (Å²) in [5.41, 5.74) is 1.37. The van der Waals surface area contributed by atoms with Gasteiger partial charge in [-0.3, -0.25) is 4.67 Å². The quantitative estimate of drug-likeness (QED) is 0.729. The molecule has 0 saturated heterocycles. The number of benzene rings is 1. The zero-order valence-electron chi connectivity index (χ0n) is 10.3. The molecule has 2 rings (SSSR count). The maximum Gasteiger partial charge on any atom is 0.0270 e. The molecule has 1 nitrogen and oxygen atoms in total. The van der Waals surface area contributed by atoms with E-state index in [9.17, 15) is 0 Å². The lowest BCUT2D eigenvalue weighted by molar-refractivity contribution is 0.300. The number of hydrogen-bond donors (Lipinski definition) is 0. The largest absolute Gasteiger partial charge is 0.280 e. The first-order valence-electron chi connectivity index (χ1n) is 6.16. The van der Waals surface area contributed by atoms with Gasteiger partial charge in [-0.15, -0.1) is 0 Å². The molecule has 0 spiro atoms. The van der Waals surface area contributed by atoms with E-state index < -0.39 is 0 Å². The van der Waals surface area contributed by atoms with Gasteiger partial charge in [-0.1, -0.05) is 64.0 Å². The predicted molar refractivity (Wildman–Crippen MR) is 77.5 cm³/mol. The van der Waals surface area contributed by atoms with Gasteiger partial charge < -0.3 is 0 Å². The van der Waals surface area contributed by atoms with E-state index in [0.29, 0.717) is 12.0 Å². The van der Waals surface area contributed by atoms with E-state index >= 15 is 0 Å². The summed E-state index contributed by atoms with van der Waals surface area (Å²) in [6.45, 7) is 3.28. The molecule has 0 saturated carbocycles. The predicted octanol–water partition coefficient (Wildman–Crippen LogP) is 3.80. The van der Waals surface area contributed by atoms with Gasteiger partial charge in [-0.2, -0.15) is 0 Å². The molecule has 0 heterocycles. The van der Waals surface area contributed by atoms with E-state index in [1.165, 1.54) is 5.56 Å². The third kappa shape index (κ3) is 3.52. The molecule has 0 aromatic heterocycles. The average molecular weight is 245 g/mol. The second-order valence-electron chi connectivity index (χ2n) is 4.61. The maximum atomic E-state index is 2.87. The summed E-state index contributed by atoms with van der Waals surface area (Å²) >= 11 is 0. The zero-order valence-corrected chi connectivity index (χ0v) is 11.4. The van der Waals surface area contributed by atoms with Crippen LogP contribution in [0.15, 0.2) is 54.6 Å². The molecule has 1 aromatic rings. The standard InChI is InChI=1S/C15H20NP/c1-13(15-10-6-3-7-11-15)16(17)12-14-8-4-2-5-9-14/h2-10,13,15H,11-12,17H2,1H3. The van der Waals surface area contributed by atoms with E-state index in [-0.39, 0.29) is 0 Å². The van der Waals surface area contributed by atoms with E-state index in [1.54, 1.807) is 0 Å². The average Bonchev–Trinajstić information content (AvgIpc) is 2.40. The molecule has 0 aliphatic heterocycles. The van der Waals surface area contributed by atoms with Crippen molar-refractivity contribution < 1.29 is 0 Å². The van der Waals surface area contributed by atoms with Gasteiger partial charge in [-0.25, -0.2) is 0 Å². The highest BCUT2D eigenvalue weighted by atomic mass is 31.0. The third-order valence-electron chi connectivity index (χ3n) is 3.36. The Morgan fingerprint density at radius 1 is 1.29 bits per heavy atom. The molecule has 0 radical (unpaired) electrons. The summed E-state index contributed by atoms with van der Waals surface area (Å²) in [6, 6.07) is 11.2. The van der Waals surface area contributed by atoms with Crippen molar-refractivity contribution in [3.8, 4) is 0 Å². The highest BCUT2D eigenvalue weighted by Gasteiger charge is 2.18. The van der Waals surface area contributed by atoms with Crippen molar-refractivity contribution in [2.45, 2.75) is 25.9 Å². The van der Waals surface area contributed by atoms with Crippen molar-refractivity contribution in [2.24, 2.45) is 5.92 Å². The molecular weight excluding hydrogens is 225 g/mol. The first kappa shape index (κ1) is 12.5. The topological polar surface area (TPSA) is 3.24 Å². The lowest BCUT2D eigenvalue weighted by atomic mass is 9.93. The van der Waals surface area contributed by atoms with Crippen LogP contribution in [0.5, 0.6) is 0 Å². The third-order valence-corrected chi connectivity index (χ3v) is 4.02. The minimum Gasteiger partial charge on any atom is -0.280 e. The van der Waals surface area contributed by atoms with Crippen LogP contribution in [0.4, 0.5) is 0 Å². The lowest BCUT2D eigenvalue weighted by Gasteiger charge is -2.30. The number of nitrogens with zero attached hydrogens (tertiary/aromatic N) is 1. The summed E-state index contributed by atoms with van der Waals surface area (Å²) in [4.78, 5) is 0. The maximum absolute atomic E-state index is 2.87. The minimum atomic E-state index is 0.543. The molecule has 2 heteroatoms. The van der Waals surface area contributed by atoms with Crippen LogP contribution in [0.1, 0.15) is 18.9 Å². The molecule has 3 unspecified atom stereocenters. The Balaban J connectivity index is 1.93. The van der Waals surface area contributed by atoms with Crippen molar-refractivity contribution in [1.82, 2.24) is 4.67 Å². The van der Waals surface area contributed by atoms with E-state index in [4.69, 9.17) is 0 Å². The van der Waals surface area contributed by atoms with Gasteiger partial charge in [0.05, 0.1) is 0 Å². The molecule has 1 aliphatic carbocycles. The van der Waals surface area contributed by atoms with Crippen molar-refractivity contribution in [1.29, 1.82) is 0 Å². The smallest absolute Gasteiger partial charge is 0.0270 e. The Kier molecular flexibility index (Phi) is 4.53. The zero-order chi connectivity index (χ0) is 12.1. The first-order chi connectivity index (χ1) is 8.27. The number of hydrogen-bond acceptors (Lipinski definition) is 1. The van der Waals surface area contributed by atoms with E-state index in [2.05, 4.69) is 75.6 Å². The second kappa shape index (κ2) is 6.14. The van der Waals surface area contributed by atoms with Gasteiger partial charge in [0.25, 0.3) is 0 Å². The van der Waals surface area contributed by atoms with Crippen molar-refractivity contribution in [3.63, 3.8) is 0 Å². The summed E-state index contributed by atoms with van der Waals surface area (Å²) < 4.78 is 2.35. The molecular formula is C15H20NP. The molecule has 17 heavy (non-hydrogen) atoms. The Bertz CT molecular complexity index is 397. The van der Waals surface area contributed by atoms with Crippen molar-refractivity contribution in [2.75, 3.05) is 0 Å². The van der Waals surface area contributed by atoms with Gasteiger partial charge in [0, 0.05) is 12.6 Å². The summed E-state index contributed by atoms with van der Waals surface area (Å²) in [7, 11) is 2.87. The fourth-order valence-electron chi connectivity index (χ4n) is 2.14. The molecule has 1 aromatic carbocycles.